The molecule has 0 fully saturated rings. The van der Waals surface area contributed by atoms with Crippen molar-refractivity contribution in [3.63, 3.8) is 0 Å². The van der Waals surface area contributed by atoms with Crippen molar-refractivity contribution >= 4 is 11.6 Å². The van der Waals surface area contributed by atoms with Crippen LogP contribution in [0.1, 0.15) is 18.1 Å². The molecule has 21 heavy (non-hydrogen) atoms. The topological polar surface area (TPSA) is 32.3 Å². The first-order chi connectivity index (χ1) is 10.2. The number of amides is 1. The van der Waals surface area contributed by atoms with Gasteiger partial charge in [0.05, 0.1) is 6.54 Å². The van der Waals surface area contributed by atoms with Crippen molar-refractivity contribution in [1.82, 2.24) is 4.90 Å². The minimum atomic E-state index is 0.00822. The second kappa shape index (κ2) is 7.60. The lowest BCUT2D eigenvalue weighted by Gasteiger charge is -2.16. The summed E-state index contributed by atoms with van der Waals surface area (Å²) in [6.45, 7) is 3.30. The molecule has 3 nitrogen and oxygen atoms in total. The third-order valence-electron chi connectivity index (χ3n) is 3.35. The molecule has 2 aromatic rings. The molecule has 1 amide bonds. The molecule has 110 valence electrons. The Morgan fingerprint density at radius 3 is 2.24 bits per heavy atom. The Hall–Kier alpha value is -2.13. The van der Waals surface area contributed by atoms with Gasteiger partial charge in [-0.25, -0.2) is 0 Å². The average molecular weight is 282 g/mol. The van der Waals surface area contributed by atoms with Gasteiger partial charge in [-0.15, -0.1) is 0 Å². The monoisotopic (exact) mass is 282 g/mol. The van der Waals surface area contributed by atoms with Gasteiger partial charge in [0, 0.05) is 12.2 Å². The highest BCUT2D eigenvalue weighted by Crippen LogP contribution is 2.08. The van der Waals surface area contributed by atoms with Crippen LogP contribution in [0.4, 0.5) is 5.69 Å². The number of hydrogen-bond acceptors (Lipinski definition) is 2. The van der Waals surface area contributed by atoms with Crippen LogP contribution in [0.5, 0.6) is 0 Å². The summed E-state index contributed by atoms with van der Waals surface area (Å²) in [5.74, 6) is 0.00822. The molecule has 0 heterocycles. The number of carbonyl (C=O) groups is 1. The van der Waals surface area contributed by atoms with E-state index in [-0.39, 0.29) is 5.91 Å². The Balaban J connectivity index is 1.83. The third kappa shape index (κ3) is 5.04. The number of aryl methyl sites for hydroxylation is 1. The number of anilines is 1. The molecule has 0 aliphatic heterocycles. The standard InChI is InChI=1S/C18H22N2O/c1-3-15-9-11-16(12-10-15)13-20(2)14-18(21)19-17-7-5-4-6-8-17/h4-12H,3,13-14H2,1-2H3,(H,19,21). The van der Waals surface area contributed by atoms with Crippen molar-refractivity contribution in [3.8, 4) is 0 Å². The number of hydrogen-bond donors (Lipinski definition) is 1. The number of nitrogens with one attached hydrogen (secondary N) is 1. The highest BCUT2D eigenvalue weighted by atomic mass is 16.2. The average Bonchev–Trinajstić information content (AvgIpc) is 2.48. The Bertz CT molecular complexity index is 564. The van der Waals surface area contributed by atoms with E-state index in [4.69, 9.17) is 0 Å². The van der Waals surface area contributed by atoms with E-state index in [0.717, 1.165) is 18.7 Å². The van der Waals surface area contributed by atoms with Crippen LogP contribution < -0.4 is 5.32 Å². The quantitative estimate of drug-likeness (QED) is 0.881. The number of carbonyl (C=O) groups excluding carboxylic acids is 1. The van der Waals surface area contributed by atoms with Gasteiger partial charge in [-0.2, -0.15) is 0 Å². The van der Waals surface area contributed by atoms with Gasteiger partial charge >= 0.3 is 0 Å². The molecule has 3 heteroatoms. The van der Waals surface area contributed by atoms with E-state index < -0.39 is 0 Å². The van der Waals surface area contributed by atoms with Gasteiger partial charge in [0.1, 0.15) is 0 Å². The number of rotatable bonds is 6. The molecule has 0 spiro atoms. The molecule has 0 radical (unpaired) electrons. The first kappa shape index (κ1) is 15.3. The van der Waals surface area contributed by atoms with Crippen molar-refractivity contribution in [2.75, 3.05) is 18.9 Å². The Kier molecular flexibility index (Phi) is 5.52. The largest absolute Gasteiger partial charge is 0.325 e. The van der Waals surface area contributed by atoms with E-state index in [1.165, 1.54) is 11.1 Å². The van der Waals surface area contributed by atoms with Crippen molar-refractivity contribution in [3.05, 3.63) is 65.7 Å². The van der Waals surface area contributed by atoms with E-state index in [1.807, 2.05) is 42.3 Å². The molecule has 2 rings (SSSR count). The summed E-state index contributed by atoms with van der Waals surface area (Å²) in [4.78, 5) is 14.0. The minimum absolute atomic E-state index is 0.00822. The van der Waals surface area contributed by atoms with Gasteiger partial charge in [-0.05, 0) is 36.7 Å². The summed E-state index contributed by atoms with van der Waals surface area (Å²) in [5.41, 5.74) is 3.40. The predicted molar refractivity (Wildman–Crippen MR) is 87.2 cm³/mol. The van der Waals surface area contributed by atoms with Crippen LogP contribution in [0.25, 0.3) is 0 Å². The summed E-state index contributed by atoms with van der Waals surface area (Å²) >= 11 is 0. The zero-order valence-electron chi connectivity index (χ0n) is 12.7. The second-order valence-electron chi connectivity index (χ2n) is 5.26. The molecule has 0 bridgehead atoms. The first-order valence-electron chi connectivity index (χ1n) is 7.28. The molecule has 0 aliphatic carbocycles. The molecular weight excluding hydrogens is 260 g/mol. The highest BCUT2D eigenvalue weighted by molar-refractivity contribution is 5.92. The highest BCUT2D eigenvalue weighted by Gasteiger charge is 2.07. The summed E-state index contributed by atoms with van der Waals surface area (Å²) < 4.78 is 0. The zero-order chi connectivity index (χ0) is 15.1. The maximum Gasteiger partial charge on any atom is 0.238 e. The normalized spacial score (nSPS) is 10.6. The van der Waals surface area contributed by atoms with Crippen molar-refractivity contribution in [2.24, 2.45) is 0 Å². The van der Waals surface area contributed by atoms with E-state index in [9.17, 15) is 4.79 Å². The molecule has 0 aromatic heterocycles. The first-order valence-corrected chi connectivity index (χ1v) is 7.28. The van der Waals surface area contributed by atoms with Crippen LogP contribution >= 0.6 is 0 Å². The summed E-state index contributed by atoms with van der Waals surface area (Å²) in [6.07, 6.45) is 1.05. The Morgan fingerprint density at radius 2 is 1.62 bits per heavy atom. The van der Waals surface area contributed by atoms with Gasteiger partial charge in [0.25, 0.3) is 0 Å². The van der Waals surface area contributed by atoms with Crippen LogP contribution in [0.2, 0.25) is 0 Å². The number of benzene rings is 2. The molecule has 0 aliphatic rings. The summed E-state index contributed by atoms with van der Waals surface area (Å²) in [6, 6.07) is 18.1. The lowest BCUT2D eigenvalue weighted by molar-refractivity contribution is -0.117. The molecule has 0 unspecified atom stereocenters. The van der Waals surface area contributed by atoms with Crippen LogP contribution in [0.15, 0.2) is 54.6 Å². The fourth-order valence-corrected chi connectivity index (χ4v) is 2.22. The molecule has 0 atom stereocenters. The van der Waals surface area contributed by atoms with Crippen LogP contribution in [-0.4, -0.2) is 24.4 Å². The van der Waals surface area contributed by atoms with E-state index in [1.54, 1.807) is 0 Å². The predicted octanol–water partition coefficient (Wildman–Crippen LogP) is 3.32. The Labute approximate surface area is 126 Å². The Morgan fingerprint density at radius 1 is 1.00 bits per heavy atom. The summed E-state index contributed by atoms with van der Waals surface area (Å²) in [5, 5.41) is 2.90. The van der Waals surface area contributed by atoms with E-state index in [2.05, 4.69) is 36.5 Å². The lowest BCUT2D eigenvalue weighted by Crippen LogP contribution is -2.29. The molecule has 0 saturated heterocycles. The van der Waals surface area contributed by atoms with E-state index >= 15 is 0 Å². The molecular formula is C18H22N2O. The number of para-hydroxylation sites is 1. The minimum Gasteiger partial charge on any atom is -0.325 e. The zero-order valence-corrected chi connectivity index (χ0v) is 12.7. The SMILES string of the molecule is CCc1ccc(CN(C)CC(=O)Nc2ccccc2)cc1. The fraction of sp³-hybridized carbons (Fsp3) is 0.278. The van der Waals surface area contributed by atoms with Crippen LogP contribution in [0, 0.1) is 0 Å². The van der Waals surface area contributed by atoms with Gasteiger partial charge in [-0.3, -0.25) is 9.69 Å². The van der Waals surface area contributed by atoms with Crippen molar-refractivity contribution < 1.29 is 4.79 Å². The molecule has 0 saturated carbocycles. The third-order valence-corrected chi connectivity index (χ3v) is 3.35. The summed E-state index contributed by atoms with van der Waals surface area (Å²) in [7, 11) is 1.96. The van der Waals surface area contributed by atoms with Gasteiger partial charge in [0.2, 0.25) is 5.91 Å². The smallest absolute Gasteiger partial charge is 0.238 e. The van der Waals surface area contributed by atoms with Gasteiger partial charge in [0.15, 0.2) is 0 Å². The lowest BCUT2D eigenvalue weighted by atomic mass is 10.1. The number of likely N-dealkylation sites (N-methyl/N-ethyl adjacent to an activating group) is 1. The van der Waals surface area contributed by atoms with Crippen LogP contribution in [0.3, 0.4) is 0 Å². The fourth-order valence-electron chi connectivity index (χ4n) is 2.22. The maximum absolute atomic E-state index is 12.0. The van der Waals surface area contributed by atoms with Gasteiger partial charge in [-0.1, -0.05) is 49.4 Å². The van der Waals surface area contributed by atoms with Crippen molar-refractivity contribution in [2.45, 2.75) is 19.9 Å². The van der Waals surface area contributed by atoms with Crippen LogP contribution in [-0.2, 0) is 17.8 Å². The molecule has 2 aromatic carbocycles. The van der Waals surface area contributed by atoms with Gasteiger partial charge < -0.3 is 5.32 Å². The van der Waals surface area contributed by atoms with E-state index in [0.29, 0.717) is 6.54 Å². The maximum atomic E-state index is 12.0. The second-order valence-corrected chi connectivity index (χ2v) is 5.26. The molecule has 1 N–H and O–H groups in total. The number of nitrogens with zero attached hydrogens (tertiary/aromatic N) is 1. The van der Waals surface area contributed by atoms with Crippen molar-refractivity contribution in [1.29, 1.82) is 0 Å².